The number of rotatable bonds is 3. The minimum atomic E-state index is -0.667. The summed E-state index contributed by atoms with van der Waals surface area (Å²) in [5.74, 6) is -0.672. The fourth-order valence-corrected chi connectivity index (χ4v) is 2.83. The van der Waals surface area contributed by atoms with Crippen molar-refractivity contribution in [1.29, 1.82) is 0 Å². The molecule has 0 saturated heterocycles. The average Bonchev–Trinajstić information content (AvgIpc) is 2.32. The molecular formula is C13H16ClNO2. The molecule has 0 aliphatic heterocycles. The molecule has 1 N–H and O–H groups in total. The predicted octanol–water partition coefficient (Wildman–Crippen LogP) is 3.17. The van der Waals surface area contributed by atoms with E-state index in [0.717, 1.165) is 37.7 Å². The molecular weight excluding hydrogens is 238 g/mol. The van der Waals surface area contributed by atoms with Crippen molar-refractivity contribution < 1.29 is 9.90 Å². The van der Waals surface area contributed by atoms with Crippen LogP contribution < -0.4 is 0 Å². The molecule has 0 spiro atoms. The number of carbonyl (C=O) groups is 1. The lowest BCUT2D eigenvalue weighted by Crippen LogP contribution is -2.28. The lowest BCUT2D eigenvalue weighted by Gasteiger charge is -2.28. The van der Waals surface area contributed by atoms with E-state index in [2.05, 4.69) is 4.98 Å². The number of aliphatic carboxylic acids is 1. The lowest BCUT2D eigenvalue weighted by molar-refractivity contribution is -0.144. The molecule has 1 aromatic heterocycles. The van der Waals surface area contributed by atoms with Gasteiger partial charge in [0.2, 0.25) is 0 Å². The summed E-state index contributed by atoms with van der Waals surface area (Å²) in [7, 11) is 0. The highest BCUT2D eigenvalue weighted by molar-refractivity contribution is 6.31. The van der Waals surface area contributed by atoms with Gasteiger partial charge < -0.3 is 5.11 Å². The Labute approximate surface area is 106 Å². The summed E-state index contributed by atoms with van der Waals surface area (Å²) >= 11 is 6.06. The van der Waals surface area contributed by atoms with Crippen LogP contribution in [0.1, 0.15) is 31.2 Å². The molecule has 17 heavy (non-hydrogen) atoms. The smallest absolute Gasteiger partial charge is 0.306 e. The number of carboxylic acids is 1. The number of halogens is 1. The Hall–Kier alpha value is -1.09. The van der Waals surface area contributed by atoms with Gasteiger partial charge >= 0.3 is 5.97 Å². The summed E-state index contributed by atoms with van der Waals surface area (Å²) < 4.78 is 0. The highest BCUT2D eigenvalue weighted by atomic mass is 35.5. The fourth-order valence-electron chi connectivity index (χ4n) is 2.63. The van der Waals surface area contributed by atoms with Gasteiger partial charge in [0.1, 0.15) is 0 Å². The molecule has 0 amide bonds. The normalized spacial score (nSPS) is 24.5. The molecule has 0 aromatic carbocycles. The highest BCUT2D eigenvalue weighted by Crippen LogP contribution is 2.33. The molecule has 92 valence electrons. The van der Waals surface area contributed by atoms with Crippen LogP contribution >= 0.6 is 11.6 Å². The van der Waals surface area contributed by atoms with Crippen molar-refractivity contribution in [2.24, 2.45) is 11.8 Å². The maximum Gasteiger partial charge on any atom is 0.306 e. The summed E-state index contributed by atoms with van der Waals surface area (Å²) in [6, 6.07) is 1.88. The second-order valence-electron chi connectivity index (χ2n) is 4.66. The molecule has 0 radical (unpaired) electrons. The largest absolute Gasteiger partial charge is 0.481 e. The molecule has 1 aromatic rings. The van der Waals surface area contributed by atoms with E-state index in [-0.39, 0.29) is 11.8 Å². The Morgan fingerprint density at radius 1 is 1.47 bits per heavy atom. The van der Waals surface area contributed by atoms with E-state index in [1.54, 1.807) is 12.4 Å². The number of hydrogen-bond donors (Lipinski definition) is 1. The second-order valence-corrected chi connectivity index (χ2v) is 5.07. The number of carboxylic acid groups (broad SMARTS) is 1. The van der Waals surface area contributed by atoms with Crippen LogP contribution in [0, 0.1) is 11.8 Å². The van der Waals surface area contributed by atoms with Gasteiger partial charge in [-0.15, -0.1) is 0 Å². The lowest BCUT2D eigenvalue weighted by atomic mass is 9.76. The van der Waals surface area contributed by atoms with Crippen molar-refractivity contribution in [3.63, 3.8) is 0 Å². The average molecular weight is 254 g/mol. The molecule has 1 aliphatic rings. The first kappa shape index (κ1) is 12.4. The van der Waals surface area contributed by atoms with Gasteiger partial charge in [0.05, 0.1) is 10.9 Å². The van der Waals surface area contributed by atoms with Gasteiger partial charge in [-0.05, 0) is 36.8 Å². The summed E-state index contributed by atoms with van der Waals surface area (Å²) in [6.45, 7) is 0. The van der Waals surface area contributed by atoms with Gasteiger partial charge in [-0.1, -0.05) is 24.4 Å². The first-order chi connectivity index (χ1) is 8.18. The molecule has 1 fully saturated rings. The molecule has 4 heteroatoms. The highest BCUT2D eigenvalue weighted by Gasteiger charge is 2.30. The Morgan fingerprint density at radius 2 is 2.24 bits per heavy atom. The Morgan fingerprint density at radius 3 is 2.94 bits per heavy atom. The van der Waals surface area contributed by atoms with E-state index in [1.807, 2.05) is 6.07 Å². The Kier molecular flexibility index (Phi) is 4.00. The summed E-state index contributed by atoms with van der Waals surface area (Å²) in [5.41, 5.74) is 1.01. The third-order valence-electron chi connectivity index (χ3n) is 3.56. The Balaban J connectivity index is 2.11. The van der Waals surface area contributed by atoms with Crippen LogP contribution in [0.4, 0.5) is 0 Å². The SMILES string of the molecule is O=C(O)C1CCCCC1Cc1ccncc1Cl. The van der Waals surface area contributed by atoms with E-state index in [9.17, 15) is 9.90 Å². The molecule has 2 unspecified atom stereocenters. The number of hydrogen-bond acceptors (Lipinski definition) is 2. The molecule has 2 atom stereocenters. The summed E-state index contributed by atoms with van der Waals surface area (Å²) in [5, 5.41) is 9.85. The predicted molar refractivity (Wildman–Crippen MR) is 66.0 cm³/mol. The van der Waals surface area contributed by atoms with Crippen LogP contribution in [0.25, 0.3) is 0 Å². The van der Waals surface area contributed by atoms with E-state index in [4.69, 9.17) is 11.6 Å². The summed E-state index contributed by atoms with van der Waals surface area (Å²) in [6.07, 6.45) is 8.00. The van der Waals surface area contributed by atoms with Crippen LogP contribution in [-0.2, 0) is 11.2 Å². The van der Waals surface area contributed by atoms with Gasteiger partial charge in [-0.2, -0.15) is 0 Å². The number of aromatic nitrogens is 1. The molecule has 1 heterocycles. The minimum absolute atomic E-state index is 0.209. The zero-order valence-corrected chi connectivity index (χ0v) is 10.4. The quantitative estimate of drug-likeness (QED) is 0.900. The maximum absolute atomic E-state index is 11.2. The van der Waals surface area contributed by atoms with Gasteiger partial charge in [0.25, 0.3) is 0 Å². The molecule has 1 saturated carbocycles. The maximum atomic E-state index is 11.2. The zero-order chi connectivity index (χ0) is 12.3. The van der Waals surface area contributed by atoms with Gasteiger partial charge in [-0.3, -0.25) is 9.78 Å². The van der Waals surface area contributed by atoms with E-state index in [0.29, 0.717) is 5.02 Å². The first-order valence-electron chi connectivity index (χ1n) is 5.99. The van der Waals surface area contributed by atoms with Crippen LogP contribution in [0.3, 0.4) is 0 Å². The first-order valence-corrected chi connectivity index (χ1v) is 6.37. The van der Waals surface area contributed by atoms with Crippen LogP contribution in [0.5, 0.6) is 0 Å². The minimum Gasteiger partial charge on any atom is -0.481 e. The van der Waals surface area contributed by atoms with Crippen molar-refractivity contribution in [3.8, 4) is 0 Å². The van der Waals surface area contributed by atoms with Crippen LogP contribution in [0.2, 0.25) is 5.02 Å². The third-order valence-corrected chi connectivity index (χ3v) is 3.91. The molecule has 1 aliphatic carbocycles. The van der Waals surface area contributed by atoms with Gasteiger partial charge in [0.15, 0.2) is 0 Å². The fraction of sp³-hybridized carbons (Fsp3) is 0.538. The van der Waals surface area contributed by atoms with Crippen LogP contribution in [-0.4, -0.2) is 16.1 Å². The van der Waals surface area contributed by atoms with Crippen molar-refractivity contribution in [2.75, 3.05) is 0 Å². The van der Waals surface area contributed by atoms with E-state index >= 15 is 0 Å². The Bertz CT molecular complexity index is 408. The van der Waals surface area contributed by atoms with Crippen LogP contribution in [0.15, 0.2) is 18.5 Å². The molecule has 3 nitrogen and oxygen atoms in total. The van der Waals surface area contributed by atoms with Crippen molar-refractivity contribution in [3.05, 3.63) is 29.0 Å². The second kappa shape index (κ2) is 5.50. The van der Waals surface area contributed by atoms with Crippen molar-refractivity contribution >= 4 is 17.6 Å². The topological polar surface area (TPSA) is 50.2 Å². The standard InChI is InChI=1S/C13H16ClNO2/c14-12-8-15-6-5-10(12)7-9-3-1-2-4-11(9)13(16)17/h5-6,8-9,11H,1-4,7H2,(H,16,17). The monoisotopic (exact) mass is 253 g/mol. The van der Waals surface area contributed by atoms with Gasteiger partial charge in [0, 0.05) is 12.4 Å². The van der Waals surface area contributed by atoms with Crippen molar-refractivity contribution in [2.45, 2.75) is 32.1 Å². The molecule has 2 rings (SSSR count). The molecule has 0 bridgehead atoms. The van der Waals surface area contributed by atoms with Crippen molar-refractivity contribution in [1.82, 2.24) is 4.98 Å². The zero-order valence-electron chi connectivity index (χ0n) is 9.60. The van der Waals surface area contributed by atoms with E-state index < -0.39 is 5.97 Å². The summed E-state index contributed by atoms with van der Waals surface area (Å²) in [4.78, 5) is 15.1. The number of nitrogens with zero attached hydrogens (tertiary/aromatic N) is 1. The number of pyridine rings is 1. The van der Waals surface area contributed by atoms with E-state index in [1.165, 1.54) is 0 Å². The van der Waals surface area contributed by atoms with Gasteiger partial charge in [-0.25, -0.2) is 0 Å². The third kappa shape index (κ3) is 2.97.